The van der Waals surface area contributed by atoms with Crippen LogP contribution in [0.3, 0.4) is 0 Å². The van der Waals surface area contributed by atoms with Crippen LogP contribution in [-0.2, 0) is 14.8 Å². The molecular formula is C5H9NO3S. The second-order valence-electron chi connectivity index (χ2n) is 2.33. The van der Waals surface area contributed by atoms with Gasteiger partial charge in [0.2, 0.25) is 16.4 Å². The third kappa shape index (κ3) is 1.29. The number of amides is 1. The molecule has 0 radical (unpaired) electrons. The van der Waals surface area contributed by atoms with E-state index < -0.39 is 10.0 Å². The minimum absolute atomic E-state index is 0.216. The SMILES string of the molecule is O=CNS(=O)(=O)C1CCC1. The van der Waals surface area contributed by atoms with Crippen LogP contribution in [0.15, 0.2) is 0 Å². The standard InChI is InChI=1S/C5H9NO3S/c7-4-6-10(8,9)5-2-1-3-5/h4-5H,1-3H2,(H,6,7). The molecule has 1 fully saturated rings. The predicted molar refractivity (Wildman–Crippen MR) is 35.8 cm³/mol. The number of nitrogens with one attached hydrogen (secondary N) is 1. The van der Waals surface area contributed by atoms with E-state index in [0.717, 1.165) is 6.42 Å². The van der Waals surface area contributed by atoms with Gasteiger partial charge in [0.1, 0.15) is 0 Å². The summed E-state index contributed by atoms with van der Waals surface area (Å²) in [6, 6.07) is 0. The number of rotatable bonds is 3. The molecule has 1 saturated carbocycles. The molecule has 0 bridgehead atoms. The minimum atomic E-state index is -3.29. The zero-order valence-electron chi connectivity index (χ0n) is 5.41. The van der Waals surface area contributed by atoms with Gasteiger partial charge in [0.05, 0.1) is 5.25 Å². The summed E-state index contributed by atoms with van der Waals surface area (Å²) in [7, 11) is -3.29. The molecule has 0 unspecified atom stereocenters. The molecule has 0 heterocycles. The fourth-order valence-electron chi connectivity index (χ4n) is 0.844. The monoisotopic (exact) mass is 163 g/mol. The van der Waals surface area contributed by atoms with Crippen molar-refractivity contribution in [2.45, 2.75) is 24.5 Å². The summed E-state index contributed by atoms with van der Waals surface area (Å²) in [6.07, 6.45) is 2.53. The highest BCUT2D eigenvalue weighted by Crippen LogP contribution is 2.24. The van der Waals surface area contributed by atoms with Crippen LogP contribution in [0.5, 0.6) is 0 Å². The molecule has 1 amide bonds. The molecule has 1 rings (SSSR count). The Bertz CT molecular complexity index is 217. The zero-order valence-corrected chi connectivity index (χ0v) is 6.23. The maximum Gasteiger partial charge on any atom is 0.237 e. The quantitative estimate of drug-likeness (QED) is 0.576. The molecule has 10 heavy (non-hydrogen) atoms. The number of sulfonamides is 1. The first-order valence-corrected chi connectivity index (χ1v) is 4.66. The Labute approximate surface area is 59.7 Å². The van der Waals surface area contributed by atoms with Gasteiger partial charge in [0, 0.05) is 0 Å². The molecule has 0 atom stereocenters. The lowest BCUT2D eigenvalue weighted by molar-refractivity contribution is -0.108. The van der Waals surface area contributed by atoms with Crippen LogP contribution >= 0.6 is 0 Å². The van der Waals surface area contributed by atoms with Gasteiger partial charge in [-0.15, -0.1) is 0 Å². The Balaban J connectivity index is 2.58. The Morgan fingerprint density at radius 1 is 1.40 bits per heavy atom. The van der Waals surface area contributed by atoms with Gasteiger partial charge in [-0.2, -0.15) is 0 Å². The molecule has 0 aromatic rings. The van der Waals surface area contributed by atoms with Crippen molar-refractivity contribution in [1.82, 2.24) is 4.72 Å². The van der Waals surface area contributed by atoms with E-state index >= 15 is 0 Å². The lowest BCUT2D eigenvalue weighted by Crippen LogP contribution is -2.37. The highest BCUT2D eigenvalue weighted by Gasteiger charge is 2.30. The van der Waals surface area contributed by atoms with Gasteiger partial charge in [0.25, 0.3) is 0 Å². The minimum Gasteiger partial charge on any atom is -0.278 e. The Hall–Kier alpha value is -0.580. The van der Waals surface area contributed by atoms with E-state index in [2.05, 4.69) is 0 Å². The lowest BCUT2D eigenvalue weighted by Gasteiger charge is -2.23. The highest BCUT2D eigenvalue weighted by atomic mass is 32.2. The summed E-state index contributed by atoms with van der Waals surface area (Å²) in [4.78, 5) is 9.77. The first-order valence-electron chi connectivity index (χ1n) is 3.11. The molecule has 1 aliphatic carbocycles. The van der Waals surface area contributed by atoms with E-state index in [1.807, 2.05) is 4.72 Å². The van der Waals surface area contributed by atoms with Crippen molar-refractivity contribution in [1.29, 1.82) is 0 Å². The van der Waals surface area contributed by atoms with Crippen molar-refractivity contribution in [3.8, 4) is 0 Å². The fourth-order valence-corrected chi connectivity index (χ4v) is 2.12. The molecule has 0 aromatic heterocycles. The van der Waals surface area contributed by atoms with Gasteiger partial charge >= 0.3 is 0 Å². The second-order valence-corrected chi connectivity index (χ2v) is 4.33. The fraction of sp³-hybridized carbons (Fsp3) is 0.800. The third-order valence-electron chi connectivity index (χ3n) is 1.70. The molecule has 0 aromatic carbocycles. The van der Waals surface area contributed by atoms with E-state index in [1.54, 1.807) is 0 Å². The molecule has 4 nitrogen and oxygen atoms in total. The Morgan fingerprint density at radius 2 is 2.00 bits per heavy atom. The van der Waals surface area contributed by atoms with E-state index in [1.165, 1.54) is 0 Å². The van der Waals surface area contributed by atoms with Gasteiger partial charge in [-0.1, -0.05) is 6.42 Å². The van der Waals surface area contributed by atoms with Gasteiger partial charge in [-0.25, -0.2) is 8.42 Å². The summed E-state index contributed by atoms with van der Waals surface area (Å²) in [5.74, 6) is 0. The number of hydrogen-bond acceptors (Lipinski definition) is 3. The largest absolute Gasteiger partial charge is 0.278 e. The molecule has 58 valence electrons. The average molecular weight is 163 g/mol. The molecule has 1 N–H and O–H groups in total. The second kappa shape index (κ2) is 2.57. The summed E-state index contributed by atoms with van der Waals surface area (Å²) >= 11 is 0. The summed E-state index contributed by atoms with van der Waals surface area (Å²) in [6.45, 7) is 0. The van der Waals surface area contributed by atoms with Crippen LogP contribution in [0, 0.1) is 0 Å². The highest BCUT2D eigenvalue weighted by molar-refractivity contribution is 7.90. The van der Waals surface area contributed by atoms with E-state index in [-0.39, 0.29) is 11.7 Å². The molecule has 5 heteroatoms. The van der Waals surface area contributed by atoms with Crippen LogP contribution in [0.1, 0.15) is 19.3 Å². The Kier molecular flexibility index (Phi) is 1.94. The van der Waals surface area contributed by atoms with Crippen LogP contribution in [0.2, 0.25) is 0 Å². The number of carbonyl (C=O) groups excluding carboxylic acids is 1. The molecular weight excluding hydrogens is 154 g/mol. The molecule has 1 aliphatic rings. The van der Waals surface area contributed by atoms with Crippen molar-refractivity contribution >= 4 is 16.4 Å². The van der Waals surface area contributed by atoms with Crippen molar-refractivity contribution in [3.05, 3.63) is 0 Å². The molecule has 0 saturated heterocycles. The van der Waals surface area contributed by atoms with Crippen LogP contribution in [-0.4, -0.2) is 20.1 Å². The lowest BCUT2D eigenvalue weighted by atomic mass is 10.0. The van der Waals surface area contributed by atoms with Gasteiger partial charge in [-0.05, 0) is 12.8 Å². The summed E-state index contributed by atoms with van der Waals surface area (Å²) < 4.78 is 23.6. The van der Waals surface area contributed by atoms with Crippen molar-refractivity contribution < 1.29 is 13.2 Å². The van der Waals surface area contributed by atoms with Crippen LogP contribution in [0.4, 0.5) is 0 Å². The maximum atomic E-state index is 10.9. The number of carbonyl (C=O) groups is 1. The Morgan fingerprint density at radius 3 is 2.30 bits per heavy atom. The normalized spacial score (nSPS) is 19.6. The van der Waals surface area contributed by atoms with Crippen LogP contribution < -0.4 is 4.72 Å². The van der Waals surface area contributed by atoms with Gasteiger partial charge < -0.3 is 0 Å². The zero-order chi connectivity index (χ0) is 7.61. The first-order chi connectivity index (χ1) is 4.67. The number of hydrogen-bond donors (Lipinski definition) is 1. The topological polar surface area (TPSA) is 63.2 Å². The van der Waals surface area contributed by atoms with Gasteiger partial charge in [-0.3, -0.25) is 9.52 Å². The van der Waals surface area contributed by atoms with E-state index in [9.17, 15) is 13.2 Å². The van der Waals surface area contributed by atoms with E-state index in [4.69, 9.17) is 0 Å². The van der Waals surface area contributed by atoms with Crippen molar-refractivity contribution in [3.63, 3.8) is 0 Å². The summed E-state index contributed by atoms with van der Waals surface area (Å²) in [5, 5.41) is -0.322. The average Bonchev–Trinajstić information content (AvgIpc) is 1.56. The summed E-state index contributed by atoms with van der Waals surface area (Å²) in [5.41, 5.74) is 0. The molecule has 0 spiro atoms. The molecule has 0 aliphatic heterocycles. The third-order valence-corrected chi connectivity index (χ3v) is 3.48. The maximum absolute atomic E-state index is 10.9. The predicted octanol–water partition coefficient (Wildman–Crippen LogP) is -0.385. The first kappa shape index (κ1) is 7.53. The smallest absolute Gasteiger partial charge is 0.237 e. The van der Waals surface area contributed by atoms with Gasteiger partial charge in [0.15, 0.2) is 0 Å². The van der Waals surface area contributed by atoms with Crippen molar-refractivity contribution in [2.75, 3.05) is 0 Å². The van der Waals surface area contributed by atoms with E-state index in [0.29, 0.717) is 12.8 Å². The van der Waals surface area contributed by atoms with Crippen LogP contribution in [0.25, 0.3) is 0 Å². The van der Waals surface area contributed by atoms with Crippen molar-refractivity contribution in [2.24, 2.45) is 0 Å².